The fourth-order valence-electron chi connectivity index (χ4n) is 2.14. The van der Waals surface area contributed by atoms with Gasteiger partial charge in [-0.3, -0.25) is 4.99 Å². The maximum atomic E-state index is 5.26. The Morgan fingerprint density at radius 1 is 1.32 bits per heavy atom. The van der Waals surface area contributed by atoms with E-state index in [2.05, 4.69) is 38.7 Å². The molecule has 0 aliphatic rings. The summed E-state index contributed by atoms with van der Waals surface area (Å²) in [6.07, 6.45) is 5.26. The molecule has 114 valence electrons. The monoisotopic (exact) mass is 295 g/mol. The van der Waals surface area contributed by atoms with Crippen LogP contribution < -0.4 is 15.5 Å². The molecule has 0 amide bonds. The summed E-state index contributed by atoms with van der Waals surface area (Å²) in [5.74, 6) is 4.15. The Labute approximate surface area is 131 Å². The normalized spacial score (nSPS) is 11.1. The number of hydrogen-bond acceptors (Lipinski definition) is 3. The Bertz CT molecular complexity index is 713. The molecule has 1 aromatic heterocycles. The van der Waals surface area contributed by atoms with E-state index >= 15 is 0 Å². The van der Waals surface area contributed by atoms with Crippen LogP contribution in [0.3, 0.4) is 0 Å². The molecule has 2 N–H and O–H groups in total. The summed E-state index contributed by atoms with van der Waals surface area (Å²) >= 11 is 0. The van der Waals surface area contributed by atoms with Gasteiger partial charge in [-0.25, -0.2) is 4.98 Å². The van der Waals surface area contributed by atoms with Gasteiger partial charge in [0.1, 0.15) is 5.82 Å². The van der Waals surface area contributed by atoms with Crippen LogP contribution in [0.25, 0.3) is 10.9 Å². The first-order valence-corrected chi connectivity index (χ1v) is 7.09. The molecular formula is C17H21N5. The van der Waals surface area contributed by atoms with Crippen LogP contribution in [0.2, 0.25) is 0 Å². The molecular weight excluding hydrogens is 274 g/mol. The van der Waals surface area contributed by atoms with Gasteiger partial charge in [-0.2, -0.15) is 0 Å². The molecule has 0 saturated carbocycles. The van der Waals surface area contributed by atoms with Crippen LogP contribution in [0.5, 0.6) is 0 Å². The second-order valence-electron chi connectivity index (χ2n) is 5.03. The van der Waals surface area contributed by atoms with Crippen LogP contribution in [-0.4, -0.2) is 38.6 Å². The highest BCUT2D eigenvalue weighted by molar-refractivity contribution is 5.85. The Morgan fingerprint density at radius 3 is 2.77 bits per heavy atom. The van der Waals surface area contributed by atoms with Crippen LogP contribution in [0.15, 0.2) is 35.3 Å². The zero-order valence-electron chi connectivity index (χ0n) is 13.2. The molecule has 1 aromatic carbocycles. The molecule has 1 heterocycles. The largest absolute Gasteiger partial charge is 0.363 e. The number of guanidine groups is 1. The number of hydrogen-bond donors (Lipinski definition) is 2. The summed E-state index contributed by atoms with van der Waals surface area (Å²) in [5.41, 5.74) is 2.15. The number of anilines is 1. The number of aliphatic imine (C=N–C) groups is 1. The zero-order chi connectivity index (χ0) is 15.9. The quantitative estimate of drug-likeness (QED) is 0.511. The summed E-state index contributed by atoms with van der Waals surface area (Å²) in [4.78, 5) is 10.8. The Hall–Kier alpha value is -2.74. The summed E-state index contributed by atoms with van der Waals surface area (Å²) in [6.45, 7) is 1.09. The highest BCUT2D eigenvalue weighted by Gasteiger charge is 2.07. The van der Waals surface area contributed by atoms with Crippen LogP contribution in [0.4, 0.5) is 5.82 Å². The predicted octanol–water partition coefficient (Wildman–Crippen LogP) is 1.60. The molecule has 0 spiro atoms. The van der Waals surface area contributed by atoms with E-state index in [0.717, 1.165) is 22.3 Å². The van der Waals surface area contributed by atoms with Gasteiger partial charge in [0.15, 0.2) is 5.96 Å². The lowest BCUT2D eigenvalue weighted by molar-refractivity contribution is 0.854. The Kier molecular flexibility index (Phi) is 5.21. The minimum absolute atomic E-state index is 0.444. The van der Waals surface area contributed by atoms with Crippen LogP contribution >= 0.6 is 0 Å². The molecule has 0 bridgehead atoms. The van der Waals surface area contributed by atoms with E-state index in [4.69, 9.17) is 6.42 Å². The van der Waals surface area contributed by atoms with Crippen molar-refractivity contribution in [3.05, 3.63) is 35.9 Å². The minimum Gasteiger partial charge on any atom is -0.363 e. The first-order valence-electron chi connectivity index (χ1n) is 7.09. The summed E-state index contributed by atoms with van der Waals surface area (Å²) in [5, 5.41) is 7.46. The van der Waals surface area contributed by atoms with Gasteiger partial charge in [0.05, 0.1) is 12.1 Å². The van der Waals surface area contributed by atoms with Gasteiger partial charge in [0, 0.05) is 33.1 Å². The third-order valence-corrected chi connectivity index (χ3v) is 3.27. The minimum atomic E-state index is 0.444. The number of benzene rings is 1. The lowest BCUT2D eigenvalue weighted by Crippen LogP contribution is -2.37. The van der Waals surface area contributed by atoms with Crippen molar-refractivity contribution in [2.75, 3.05) is 32.6 Å². The molecule has 22 heavy (non-hydrogen) atoms. The first kappa shape index (κ1) is 15.6. The molecule has 0 saturated heterocycles. The Balaban J connectivity index is 2.28. The standard InChI is InChI=1S/C17H21N5/c1-5-10-19-17(18-2)20-12-13-11-16(22(3)4)21-15-9-7-6-8-14(13)15/h1,6-9,11H,10,12H2,2-4H3,(H2,18,19,20). The van der Waals surface area contributed by atoms with Crippen LogP contribution in [-0.2, 0) is 6.54 Å². The Morgan fingerprint density at radius 2 is 2.09 bits per heavy atom. The van der Waals surface area contributed by atoms with E-state index in [1.807, 2.05) is 37.2 Å². The molecule has 0 radical (unpaired) electrons. The van der Waals surface area contributed by atoms with Crippen molar-refractivity contribution in [1.29, 1.82) is 0 Å². The van der Waals surface area contributed by atoms with E-state index in [9.17, 15) is 0 Å². The number of nitrogens with one attached hydrogen (secondary N) is 2. The summed E-state index contributed by atoms with van der Waals surface area (Å²) in [7, 11) is 5.70. The van der Waals surface area contributed by atoms with Crippen LogP contribution in [0, 0.1) is 12.3 Å². The molecule has 0 atom stereocenters. The number of nitrogens with zero attached hydrogens (tertiary/aromatic N) is 3. The summed E-state index contributed by atoms with van der Waals surface area (Å²) in [6, 6.07) is 10.2. The van der Waals surface area contributed by atoms with Crippen molar-refractivity contribution < 1.29 is 0 Å². The smallest absolute Gasteiger partial charge is 0.192 e. The number of pyridine rings is 1. The number of para-hydroxylation sites is 1. The van der Waals surface area contributed by atoms with Crippen molar-refractivity contribution in [3.8, 4) is 12.3 Å². The van der Waals surface area contributed by atoms with E-state index in [1.54, 1.807) is 7.05 Å². The molecule has 0 fully saturated rings. The fourth-order valence-corrected chi connectivity index (χ4v) is 2.14. The number of terminal acetylenes is 1. The molecule has 0 aliphatic heterocycles. The zero-order valence-corrected chi connectivity index (χ0v) is 13.2. The van der Waals surface area contributed by atoms with Gasteiger partial charge in [-0.05, 0) is 17.7 Å². The van der Waals surface area contributed by atoms with Gasteiger partial charge in [-0.1, -0.05) is 24.1 Å². The van der Waals surface area contributed by atoms with Crippen LogP contribution in [0.1, 0.15) is 5.56 Å². The summed E-state index contributed by atoms with van der Waals surface area (Å²) < 4.78 is 0. The van der Waals surface area contributed by atoms with Crippen molar-refractivity contribution in [2.24, 2.45) is 4.99 Å². The van der Waals surface area contributed by atoms with Gasteiger partial charge in [0.2, 0.25) is 0 Å². The van der Waals surface area contributed by atoms with Crippen molar-refractivity contribution in [2.45, 2.75) is 6.54 Å². The molecule has 5 heteroatoms. The van der Waals surface area contributed by atoms with Gasteiger partial charge in [-0.15, -0.1) is 6.42 Å². The van der Waals surface area contributed by atoms with Gasteiger partial charge < -0.3 is 15.5 Å². The fraction of sp³-hybridized carbons (Fsp3) is 0.294. The number of fused-ring (bicyclic) bond motifs is 1. The highest BCUT2D eigenvalue weighted by Crippen LogP contribution is 2.21. The van der Waals surface area contributed by atoms with E-state index in [-0.39, 0.29) is 0 Å². The first-order chi connectivity index (χ1) is 10.7. The maximum absolute atomic E-state index is 5.26. The average Bonchev–Trinajstić information content (AvgIpc) is 2.54. The second kappa shape index (κ2) is 7.32. The topological polar surface area (TPSA) is 52.6 Å². The lowest BCUT2D eigenvalue weighted by atomic mass is 10.1. The predicted molar refractivity (Wildman–Crippen MR) is 93.1 cm³/mol. The van der Waals surface area contributed by atoms with E-state index in [0.29, 0.717) is 19.0 Å². The van der Waals surface area contributed by atoms with Gasteiger partial charge in [0.25, 0.3) is 0 Å². The lowest BCUT2D eigenvalue weighted by Gasteiger charge is -2.16. The number of aromatic nitrogens is 1. The third kappa shape index (κ3) is 3.67. The molecule has 0 unspecified atom stereocenters. The highest BCUT2D eigenvalue weighted by atomic mass is 15.2. The molecule has 5 nitrogen and oxygen atoms in total. The van der Waals surface area contributed by atoms with Crippen molar-refractivity contribution in [1.82, 2.24) is 15.6 Å². The SMILES string of the molecule is C#CCNC(=NC)NCc1cc(N(C)C)nc2ccccc12. The van der Waals surface area contributed by atoms with Crippen molar-refractivity contribution in [3.63, 3.8) is 0 Å². The molecule has 2 rings (SSSR count). The second-order valence-corrected chi connectivity index (χ2v) is 5.03. The third-order valence-electron chi connectivity index (χ3n) is 3.27. The van der Waals surface area contributed by atoms with Crippen molar-refractivity contribution >= 4 is 22.7 Å². The van der Waals surface area contributed by atoms with E-state index in [1.165, 1.54) is 0 Å². The number of rotatable bonds is 4. The molecule has 0 aliphatic carbocycles. The maximum Gasteiger partial charge on any atom is 0.192 e. The molecule has 2 aromatic rings. The average molecular weight is 295 g/mol. The van der Waals surface area contributed by atoms with Gasteiger partial charge >= 0.3 is 0 Å². The van der Waals surface area contributed by atoms with E-state index < -0.39 is 0 Å².